The molecule has 0 radical (unpaired) electrons. The van der Waals surface area contributed by atoms with Crippen molar-refractivity contribution in [2.75, 3.05) is 18.0 Å². The minimum absolute atomic E-state index is 0.746. The van der Waals surface area contributed by atoms with Gasteiger partial charge < -0.3 is 10.0 Å². The largest absolute Gasteiger partial charge is 0.386 e. The van der Waals surface area contributed by atoms with Gasteiger partial charge in [-0.15, -0.1) is 0 Å². The fourth-order valence-electron chi connectivity index (χ4n) is 3.71. The zero-order valence-electron chi connectivity index (χ0n) is 12.2. The summed E-state index contributed by atoms with van der Waals surface area (Å²) in [6, 6.07) is 6.40. The molecule has 1 aromatic carbocycles. The van der Waals surface area contributed by atoms with Crippen LogP contribution in [0.4, 0.5) is 5.69 Å². The molecule has 1 fully saturated rings. The van der Waals surface area contributed by atoms with E-state index in [2.05, 4.69) is 23.1 Å². The maximum Gasteiger partial charge on any atom is 0.0860 e. The minimum Gasteiger partial charge on any atom is -0.386 e. The Morgan fingerprint density at radius 3 is 2.68 bits per heavy atom. The molecule has 1 aliphatic heterocycles. The van der Waals surface area contributed by atoms with Crippen LogP contribution in [0.25, 0.3) is 0 Å². The van der Waals surface area contributed by atoms with Gasteiger partial charge in [-0.2, -0.15) is 0 Å². The fraction of sp³-hybridized carbons (Fsp3) is 0.647. The molecule has 0 amide bonds. The SMILES string of the molecule is CC(C)(O)c1cccc2c1N(CC1CCCC1)CC2. The summed E-state index contributed by atoms with van der Waals surface area (Å²) >= 11 is 0. The molecule has 1 aromatic rings. The molecule has 0 bridgehead atoms. The molecule has 3 rings (SSSR count). The Morgan fingerprint density at radius 1 is 1.26 bits per heavy atom. The van der Waals surface area contributed by atoms with Gasteiger partial charge in [-0.25, -0.2) is 0 Å². The quantitative estimate of drug-likeness (QED) is 0.898. The first-order valence-corrected chi connectivity index (χ1v) is 7.65. The molecule has 0 unspecified atom stereocenters. The highest BCUT2D eigenvalue weighted by Crippen LogP contribution is 2.39. The number of para-hydroxylation sites is 1. The average molecular weight is 259 g/mol. The average Bonchev–Trinajstić information content (AvgIpc) is 2.98. The van der Waals surface area contributed by atoms with Crippen molar-refractivity contribution in [1.82, 2.24) is 0 Å². The lowest BCUT2D eigenvalue weighted by atomic mass is 9.94. The van der Waals surface area contributed by atoms with Crippen molar-refractivity contribution in [3.05, 3.63) is 29.3 Å². The lowest BCUT2D eigenvalue weighted by molar-refractivity contribution is 0.0790. The number of anilines is 1. The molecule has 19 heavy (non-hydrogen) atoms. The molecular formula is C17H25NO. The highest BCUT2D eigenvalue weighted by Gasteiger charge is 2.30. The molecular weight excluding hydrogens is 234 g/mol. The Hall–Kier alpha value is -1.02. The van der Waals surface area contributed by atoms with Crippen LogP contribution in [0.15, 0.2) is 18.2 Å². The predicted molar refractivity (Wildman–Crippen MR) is 79.6 cm³/mol. The van der Waals surface area contributed by atoms with Gasteiger partial charge >= 0.3 is 0 Å². The second-order valence-corrected chi connectivity index (χ2v) is 6.72. The summed E-state index contributed by atoms with van der Waals surface area (Å²) in [5.74, 6) is 0.862. The van der Waals surface area contributed by atoms with Gasteiger partial charge in [-0.3, -0.25) is 0 Å². The van der Waals surface area contributed by atoms with Crippen molar-refractivity contribution < 1.29 is 5.11 Å². The van der Waals surface area contributed by atoms with Gasteiger partial charge in [-0.1, -0.05) is 31.0 Å². The maximum absolute atomic E-state index is 10.4. The first-order valence-electron chi connectivity index (χ1n) is 7.65. The summed E-state index contributed by atoms with van der Waals surface area (Å²) in [5.41, 5.74) is 3.09. The smallest absolute Gasteiger partial charge is 0.0860 e. The van der Waals surface area contributed by atoms with E-state index in [9.17, 15) is 5.11 Å². The van der Waals surface area contributed by atoms with Crippen LogP contribution in [0.5, 0.6) is 0 Å². The van der Waals surface area contributed by atoms with E-state index >= 15 is 0 Å². The summed E-state index contributed by atoms with van der Waals surface area (Å²) in [6.07, 6.45) is 6.70. The predicted octanol–water partition coefficient (Wildman–Crippen LogP) is 3.47. The molecule has 0 atom stereocenters. The highest BCUT2D eigenvalue weighted by molar-refractivity contribution is 5.65. The minimum atomic E-state index is -0.746. The van der Waals surface area contributed by atoms with E-state index in [4.69, 9.17) is 0 Å². The fourth-order valence-corrected chi connectivity index (χ4v) is 3.71. The molecule has 1 heterocycles. The van der Waals surface area contributed by atoms with E-state index in [1.807, 2.05) is 13.8 Å². The summed E-state index contributed by atoms with van der Waals surface area (Å²) in [4.78, 5) is 2.53. The number of rotatable bonds is 3. The normalized spacial score (nSPS) is 20.1. The maximum atomic E-state index is 10.4. The summed E-state index contributed by atoms with van der Waals surface area (Å²) in [7, 11) is 0. The topological polar surface area (TPSA) is 23.5 Å². The Labute approximate surface area is 116 Å². The third-order valence-corrected chi connectivity index (χ3v) is 4.70. The molecule has 2 aliphatic rings. The molecule has 0 spiro atoms. The molecule has 2 heteroatoms. The Kier molecular flexibility index (Phi) is 3.30. The zero-order chi connectivity index (χ0) is 13.5. The van der Waals surface area contributed by atoms with Gasteiger partial charge in [0.2, 0.25) is 0 Å². The van der Waals surface area contributed by atoms with Crippen LogP contribution < -0.4 is 4.90 Å². The third-order valence-electron chi connectivity index (χ3n) is 4.70. The number of aliphatic hydroxyl groups is 1. The molecule has 0 aromatic heterocycles. The highest BCUT2D eigenvalue weighted by atomic mass is 16.3. The van der Waals surface area contributed by atoms with E-state index in [0.717, 1.165) is 24.4 Å². The van der Waals surface area contributed by atoms with E-state index in [1.165, 1.54) is 43.5 Å². The van der Waals surface area contributed by atoms with E-state index in [0.29, 0.717) is 0 Å². The summed E-state index contributed by atoms with van der Waals surface area (Å²) in [5, 5.41) is 10.4. The van der Waals surface area contributed by atoms with Gasteiger partial charge in [0, 0.05) is 24.3 Å². The standard InChI is InChI=1S/C17H25NO/c1-17(2,19)15-9-5-8-14-10-11-18(16(14)15)12-13-6-3-4-7-13/h5,8-9,13,19H,3-4,6-7,10-12H2,1-2H3. The van der Waals surface area contributed by atoms with Crippen LogP contribution in [0, 0.1) is 5.92 Å². The van der Waals surface area contributed by atoms with Crippen LogP contribution in [0.1, 0.15) is 50.7 Å². The lowest BCUT2D eigenvalue weighted by Crippen LogP contribution is -2.29. The summed E-state index contributed by atoms with van der Waals surface area (Å²) < 4.78 is 0. The van der Waals surface area contributed by atoms with Crippen molar-refractivity contribution in [2.24, 2.45) is 5.92 Å². The van der Waals surface area contributed by atoms with Crippen molar-refractivity contribution in [3.63, 3.8) is 0 Å². The van der Waals surface area contributed by atoms with Crippen LogP contribution in [-0.4, -0.2) is 18.2 Å². The van der Waals surface area contributed by atoms with Gasteiger partial charge in [0.25, 0.3) is 0 Å². The number of hydrogen-bond acceptors (Lipinski definition) is 2. The van der Waals surface area contributed by atoms with Crippen molar-refractivity contribution in [3.8, 4) is 0 Å². The van der Waals surface area contributed by atoms with Gasteiger partial charge in [0.15, 0.2) is 0 Å². The Balaban J connectivity index is 1.89. The van der Waals surface area contributed by atoms with E-state index in [-0.39, 0.29) is 0 Å². The van der Waals surface area contributed by atoms with Gasteiger partial charge in [0.1, 0.15) is 0 Å². The third kappa shape index (κ3) is 2.51. The molecule has 2 nitrogen and oxygen atoms in total. The number of benzene rings is 1. The number of fused-ring (bicyclic) bond motifs is 1. The monoisotopic (exact) mass is 259 g/mol. The first kappa shape index (κ1) is 13.0. The number of nitrogens with zero attached hydrogens (tertiary/aromatic N) is 1. The van der Waals surface area contributed by atoms with Crippen molar-refractivity contribution in [2.45, 2.75) is 51.6 Å². The summed E-state index contributed by atoms with van der Waals surface area (Å²) in [6.45, 7) is 6.10. The Morgan fingerprint density at radius 2 is 2.00 bits per heavy atom. The molecule has 1 saturated carbocycles. The zero-order valence-corrected chi connectivity index (χ0v) is 12.2. The molecule has 0 saturated heterocycles. The van der Waals surface area contributed by atoms with Crippen molar-refractivity contribution >= 4 is 5.69 Å². The first-order chi connectivity index (χ1) is 9.05. The van der Waals surface area contributed by atoms with Crippen LogP contribution in [-0.2, 0) is 12.0 Å². The number of hydrogen-bond donors (Lipinski definition) is 1. The lowest BCUT2D eigenvalue weighted by Gasteiger charge is -2.29. The molecule has 1 N–H and O–H groups in total. The van der Waals surface area contributed by atoms with Gasteiger partial charge in [-0.05, 0) is 44.6 Å². The van der Waals surface area contributed by atoms with Gasteiger partial charge in [0.05, 0.1) is 5.60 Å². The van der Waals surface area contributed by atoms with Crippen LogP contribution in [0.2, 0.25) is 0 Å². The van der Waals surface area contributed by atoms with Crippen LogP contribution >= 0.6 is 0 Å². The second kappa shape index (κ2) is 4.82. The van der Waals surface area contributed by atoms with Crippen LogP contribution in [0.3, 0.4) is 0 Å². The van der Waals surface area contributed by atoms with Crippen molar-refractivity contribution in [1.29, 1.82) is 0 Å². The molecule has 104 valence electrons. The van der Waals surface area contributed by atoms with E-state index < -0.39 is 5.60 Å². The Bertz CT molecular complexity index is 455. The molecule has 1 aliphatic carbocycles. The van der Waals surface area contributed by atoms with E-state index in [1.54, 1.807) is 0 Å². The second-order valence-electron chi connectivity index (χ2n) is 6.72.